The van der Waals surface area contributed by atoms with E-state index in [0.29, 0.717) is 6.42 Å². The van der Waals surface area contributed by atoms with Gasteiger partial charge < -0.3 is 9.64 Å². The van der Waals surface area contributed by atoms with Gasteiger partial charge in [-0.05, 0) is 45.2 Å². The summed E-state index contributed by atoms with van der Waals surface area (Å²) in [6.45, 7) is 1.97. The van der Waals surface area contributed by atoms with Crippen LogP contribution in [-0.4, -0.2) is 57.3 Å². The molecule has 1 heterocycles. The SMILES string of the molecule is COC(=O)CCCS(=O)(=O)NC1CCN(C2CC2)CC1. The molecule has 0 spiro atoms. The van der Waals surface area contributed by atoms with Crippen LogP contribution >= 0.6 is 0 Å². The molecule has 2 fully saturated rings. The van der Waals surface area contributed by atoms with Crippen LogP contribution in [0.1, 0.15) is 38.5 Å². The lowest BCUT2D eigenvalue weighted by Gasteiger charge is -2.32. The van der Waals surface area contributed by atoms with Crippen LogP contribution in [0.3, 0.4) is 0 Å². The third kappa shape index (κ3) is 5.03. The smallest absolute Gasteiger partial charge is 0.305 e. The van der Waals surface area contributed by atoms with Crippen molar-refractivity contribution in [3.8, 4) is 0 Å². The van der Waals surface area contributed by atoms with Crippen LogP contribution < -0.4 is 4.72 Å². The molecule has 0 radical (unpaired) electrons. The highest BCUT2D eigenvalue weighted by Crippen LogP contribution is 2.29. The maximum absolute atomic E-state index is 11.9. The molecule has 0 unspecified atom stereocenters. The summed E-state index contributed by atoms with van der Waals surface area (Å²) in [4.78, 5) is 13.4. The third-order valence-electron chi connectivity index (χ3n) is 3.96. The fraction of sp³-hybridized carbons (Fsp3) is 0.923. The summed E-state index contributed by atoms with van der Waals surface area (Å²) in [6, 6.07) is 0.806. The van der Waals surface area contributed by atoms with Gasteiger partial charge in [0.15, 0.2) is 0 Å². The van der Waals surface area contributed by atoms with Gasteiger partial charge in [0.2, 0.25) is 10.0 Å². The van der Waals surface area contributed by atoms with E-state index >= 15 is 0 Å². The zero-order valence-corrected chi connectivity index (χ0v) is 12.8. The summed E-state index contributed by atoms with van der Waals surface area (Å²) < 4.78 is 31.1. The average Bonchev–Trinajstić information content (AvgIpc) is 3.23. The number of hydrogen-bond acceptors (Lipinski definition) is 5. The number of esters is 1. The van der Waals surface area contributed by atoms with Gasteiger partial charge in [-0.3, -0.25) is 4.79 Å². The maximum Gasteiger partial charge on any atom is 0.305 e. The molecule has 20 heavy (non-hydrogen) atoms. The van der Waals surface area contributed by atoms with Gasteiger partial charge in [-0.25, -0.2) is 13.1 Å². The van der Waals surface area contributed by atoms with Crippen LogP contribution in [0.4, 0.5) is 0 Å². The van der Waals surface area contributed by atoms with Crippen molar-refractivity contribution in [1.29, 1.82) is 0 Å². The van der Waals surface area contributed by atoms with Gasteiger partial charge in [0.25, 0.3) is 0 Å². The van der Waals surface area contributed by atoms with E-state index in [9.17, 15) is 13.2 Å². The van der Waals surface area contributed by atoms with E-state index in [-0.39, 0.29) is 24.2 Å². The Morgan fingerprint density at radius 2 is 1.90 bits per heavy atom. The molecule has 2 rings (SSSR count). The molecule has 0 atom stereocenters. The molecule has 7 heteroatoms. The zero-order valence-electron chi connectivity index (χ0n) is 12.0. The molecule has 116 valence electrons. The van der Waals surface area contributed by atoms with Crippen molar-refractivity contribution in [3.63, 3.8) is 0 Å². The van der Waals surface area contributed by atoms with Crippen molar-refractivity contribution in [3.05, 3.63) is 0 Å². The lowest BCUT2D eigenvalue weighted by atomic mass is 10.1. The summed E-state index contributed by atoms with van der Waals surface area (Å²) in [5, 5.41) is 0. The number of likely N-dealkylation sites (tertiary alicyclic amines) is 1. The molecule has 1 aliphatic heterocycles. The number of hydrogen-bond donors (Lipinski definition) is 1. The predicted octanol–water partition coefficient (Wildman–Crippen LogP) is 0.486. The van der Waals surface area contributed by atoms with E-state index in [4.69, 9.17) is 0 Å². The van der Waals surface area contributed by atoms with Crippen LogP contribution in [0.2, 0.25) is 0 Å². The lowest BCUT2D eigenvalue weighted by Crippen LogP contribution is -2.45. The summed E-state index contributed by atoms with van der Waals surface area (Å²) in [5.74, 6) is -0.372. The van der Waals surface area contributed by atoms with Crippen molar-refractivity contribution in [2.45, 2.75) is 50.6 Å². The molecule has 0 aromatic heterocycles. The molecule has 0 aromatic carbocycles. The first-order chi connectivity index (χ1) is 9.50. The Balaban J connectivity index is 1.67. The monoisotopic (exact) mass is 304 g/mol. The van der Waals surface area contributed by atoms with Crippen molar-refractivity contribution in [2.75, 3.05) is 26.0 Å². The summed E-state index contributed by atoms with van der Waals surface area (Å²) in [6.07, 6.45) is 4.81. The molecule has 0 amide bonds. The minimum atomic E-state index is -3.28. The summed E-state index contributed by atoms with van der Waals surface area (Å²) in [7, 11) is -1.98. The second kappa shape index (κ2) is 6.87. The summed E-state index contributed by atoms with van der Waals surface area (Å²) in [5.41, 5.74) is 0. The first-order valence-electron chi connectivity index (χ1n) is 7.31. The van der Waals surface area contributed by atoms with E-state index in [1.165, 1.54) is 20.0 Å². The standard InChI is InChI=1S/C13H24N2O4S/c1-19-13(16)3-2-10-20(17,18)14-11-6-8-15(9-7-11)12-4-5-12/h11-12,14H,2-10H2,1H3. The van der Waals surface area contributed by atoms with E-state index in [2.05, 4.69) is 14.4 Å². The van der Waals surface area contributed by atoms with Gasteiger partial charge in [0, 0.05) is 18.5 Å². The number of rotatable bonds is 7. The molecule has 1 aliphatic carbocycles. The number of methoxy groups -OCH3 is 1. The maximum atomic E-state index is 11.9. The van der Waals surface area contributed by atoms with Crippen LogP contribution in [0.25, 0.3) is 0 Å². The molecule has 1 N–H and O–H groups in total. The van der Waals surface area contributed by atoms with E-state index in [1.54, 1.807) is 0 Å². The largest absolute Gasteiger partial charge is 0.469 e. The molecule has 1 saturated heterocycles. The van der Waals surface area contributed by atoms with Crippen molar-refractivity contribution in [2.24, 2.45) is 0 Å². The zero-order chi connectivity index (χ0) is 14.6. The fourth-order valence-electron chi connectivity index (χ4n) is 2.64. The second-order valence-electron chi connectivity index (χ2n) is 5.66. The minimum absolute atomic E-state index is 0.00899. The van der Waals surface area contributed by atoms with E-state index in [0.717, 1.165) is 32.0 Å². The fourth-order valence-corrected chi connectivity index (χ4v) is 4.03. The number of nitrogens with one attached hydrogen (secondary N) is 1. The number of ether oxygens (including phenoxy) is 1. The van der Waals surface area contributed by atoms with Gasteiger partial charge in [-0.15, -0.1) is 0 Å². The minimum Gasteiger partial charge on any atom is -0.469 e. The Hall–Kier alpha value is -0.660. The van der Waals surface area contributed by atoms with Gasteiger partial charge in [0.1, 0.15) is 0 Å². The van der Waals surface area contributed by atoms with Gasteiger partial charge in [0.05, 0.1) is 12.9 Å². The molecule has 2 aliphatic rings. The number of sulfonamides is 1. The second-order valence-corrected chi connectivity index (χ2v) is 7.53. The Kier molecular flexibility index (Phi) is 5.40. The van der Waals surface area contributed by atoms with Gasteiger partial charge >= 0.3 is 5.97 Å². The van der Waals surface area contributed by atoms with Crippen LogP contribution in [-0.2, 0) is 19.6 Å². The average molecular weight is 304 g/mol. The Morgan fingerprint density at radius 3 is 2.45 bits per heavy atom. The Labute approximate surface area is 120 Å². The van der Waals surface area contributed by atoms with Gasteiger partial charge in [-0.1, -0.05) is 0 Å². The Morgan fingerprint density at radius 1 is 1.25 bits per heavy atom. The number of piperidine rings is 1. The highest BCUT2D eigenvalue weighted by Gasteiger charge is 2.32. The van der Waals surface area contributed by atoms with E-state index in [1.807, 2.05) is 0 Å². The van der Waals surface area contributed by atoms with E-state index < -0.39 is 10.0 Å². The highest BCUT2D eigenvalue weighted by atomic mass is 32.2. The lowest BCUT2D eigenvalue weighted by molar-refractivity contribution is -0.140. The topological polar surface area (TPSA) is 75.7 Å². The van der Waals surface area contributed by atoms with Crippen molar-refractivity contribution >= 4 is 16.0 Å². The number of carbonyl (C=O) groups is 1. The quantitative estimate of drug-likeness (QED) is 0.693. The molecular formula is C13H24N2O4S. The van der Waals surface area contributed by atoms with Crippen LogP contribution in [0.5, 0.6) is 0 Å². The number of nitrogens with zero attached hydrogens (tertiary/aromatic N) is 1. The molecule has 0 bridgehead atoms. The molecular weight excluding hydrogens is 280 g/mol. The van der Waals surface area contributed by atoms with Crippen LogP contribution in [0.15, 0.2) is 0 Å². The molecule has 0 aromatic rings. The van der Waals surface area contributed by atoms with Crippen LogP contribution in [0, 0.1) is 0 Å². The predicted molar refractivity (Wildman–Crippen MR) is 75.8 cm³/mol. The highest BCUT2D eigenvalue weighted by molar-refractivity contribution is 7.89. The molecule has 6 nitrogen and oxygen atoms in total. The molecule has 1 saturated carbocycles. The summed E-state index contributed by atoms with van der Waals surface area (Å²) >= 11 is 0. The Bertz CT molecular complexity index is 426. The first kappa shape index (κ1) is 15.7. The van der Waals surface area contributed by atoms with Gasteiger partial charge in [-0.2, -0.15) is 0 Å². The number of carbonyl (C=O) groups excluding carboxylic acids is 1. The first-order valence-corrected chi connectivity index (χ1v) is 8.96. The third-order valence-corrected chi connectivity index (χ3v) is 5.48. The van der Waals surface area contributed by atoms with Crippen molar-refractivity contribution < 1.29 is 17.9 Å². The normalized spacial score (nSPS) is 21.9. The van der Waals surface area contributed by atoms with Crippen molar-refractivity contribution in [1.82, 2.24) is 9.62 Å².